The maximum absolute atomic E-state index is 13.0. The molecule has 1 atom stereocenters. The maximum atomic E-state index is 13.0. The number of rotatable bonds is 5. The third kappa shape index (κ3) is 5.32. The summed E-state index contributed by atoms with van der Waals surface area (Å²) in [4.78, 5) is 17.5. The zero-order valence-electron chi connectivity index (χ0n) is 19.4. The Bertz CT molecular complexity index is 1260. The number of hydrogen-bond acceptors (Lipinski definition) is 4. The summed E-state index contributed by atoms with van der Waals surface area (Å²) in [5.41, 5.74) is 2.85. The molecule has 11 heteroatoms. The van der Waals surface area contributed by atoms with Crippen molar-refractivity contribution in [1.29, 1.82) is 0 Å². The molecule has 2 aromatic carbocycles. The van der Waals surface area contributed by atoms with Gasteiger partial charge in [0.1, 0.15) is 10.8 Å². The van der Waals surface area contributed by atoms with Crippen LogP contribution in [0, 0.1) is 6.92 Å². The molecular weight excluding hydrogens is 504 g/mol. The zero-order chi connectivity index (χ0) is 25.5. The van der Waals surface area contributed by atoms with Gasteiger partial charge in [0.05, 0.1) is 17.4 Å². The second-order valence-corrected chi connectivity index (χ2v) is 9.33. The Morgan fingerprint density at radius 1 is 1.00 bits per heavy atom. The molecule has 1 fully saturated rings. The fourth-order valence-electron chi connectivity index (χ4n) is 4.57. The van der Waals surface area contributed by atoms with E-state index in [1.54, 1.807) is 11.7 Å². The Labute approximate surface area is 211 Å². The summed E-state index contributed by atoms with van der Waals surface area (Å²) in [5.74, 6) is -0.365. The molecule has 188 valence electrons. The second-order valence-electron chi connectivity index (χ2n) is 8.51. The summed E-state index contributed by atoms with van der Waals surface area (Å²) in [7, 11) is 1.71. The van der Waals surface area contributed by atoms with Crippen molar-refractivity contribution < 1.29 is 17.9 Å². The van der Waals surface area contributed by atoms with Gasteiger partial charge in [0.25, 0.3) is 5.56 Å². The molecule has 1 saturated heterocycles. The van der Waals surface area contributed by atoms with Crippen LogP contribution in [0.4, 0.5) is 18.9 Å². The van der Waals surface area contributed by atoms with Gasteiger partial charge in [0.15, 0.2) is 0 Å². The Morgan fingerprint density at radius 3 is 2.23 bits per heavy atom. The van der Waals surface area contributed by atoms with Gasteiger partial charge in [0, 0.05) is 43.9 Å². The topological polar surface area (TPSA) is 42.6 Å². The highest BCUT2D eigenvalue weighted by Gasteiger charge is 2.31. The van der Waals surface area contributed by atoms with E-state index in [-0.39, 0.29) is 16.8 Å². The average Bonchev–Trinajstić information content (AvgIpc) is 3.03. The zero-order valence-corrected chi connectivity index (χ0v) is 21.0. The first-order chi connectivity index (χ1) is 16.5. The van der Waals surface area contributed by atoms with Gasteiger partial charge in [-0.2, -0.15) is 0 Å². The van der Waals surface area contributed by atoms with Crippen molar-refractivity contribution in [3.8, 4) is 11.4 Å². The predicted octanol–water partition coefficient (Wildman–Crippen LogP) is 5.57. The highest BCUT2D eigenvalue weighted by molar-refractivity contribution is 6.31. The van der Waals surface area contributed by atoms with E-state index >= 15 is 0 Å². The number of anilines is 1. The van der Waals surface area contributed by atoms with Crippen molar-refractivity contribution in [1.82, 2.24) is 14.3 Å². The molecule has 0 N–H and O–H groups in total. The standard InChI is InChI=1S/C24H25Cl2F3N4O2/c1-15-4-5-17(25)14-20(15)32-12-10-31(11-13-32)16(2)22-21(26)23(34)33(30(22)3)18-6-8-19(9-7-18)35-24(27,28)29/h4-9,14,16H,10-13H2,1-3H3. The first-order valence-corrected chi connectivity index (χ1v) is 11.8. The van der Waals surface area contributed by atoms with Crippen LogP contribution < -0.4 is 15.2 Å². The van der Waals surface area contributed by atoms with Crippen molar-refractivity contribution in [2.24, 2.45) is 7.05 Å². The number of alkyl halides is 3. The van der Waals surface area contributed by atoms with E-state index in [9.17, 15) is 18.0 Å². The summed E-state index contributed by atoms with van der Waals surface area (Å²) in [6, 6.07) is 10.8. The predicted molar refractivity (Wildman–Crippen MR) is 131 cm³/mol. The molecular formula is C24H25Cl2F3N4O2. The lowest BCUT2D eigenvalue weighted by molar-refractivity contribution is -0.274. The van der Waals surface area contributed by atoms with E-state index in [0.29, 0.717) is 16.4 Å². The van der Waals surface area contributed by atoms with Crippen LogP contribution in [0.5, 0.6) is 5.75 Å². The lowest BCUT2D eigenvalue weighted by Gasteiger charge is -2.39. The number of hydrogen-bond donors (Lipinski definition) is 0. The molecule has 4 rings (SSSR count). The smallest absolute Gasteiger partial charge is 0.406 e. The average molecular weight is 529 g/mol. The molecule has 0 bridgehead atoms. The summed E-state index contributed by atoms with van der Waals surface area (Å²) in [5, 5.41) is 0.784. The van der Waals surface area contributed by atoms with Gasteiger partial charge in [-0.1, -0.05) is 29.3 Å². The van der Waals surface area contributed by atoms with Crippen LogP contribution in [0.15, 0.2) is 47.3 Å². The number of piperazine rings is 1. The number of nitrogens with zero attached hydrogens (tertiary/aromatic N) is 4. The minimum atomic E-state index is -4.79. The Morgan fingerprint density at radius 2 is 1.63 bits per heavy atom. The van der Waals surface area contributed by atoms with Gasteiger partial charge in [-0.05, 0) is 55.8 Å². The van der Waals surface area contributed by atoms with Crippen LogP contribution in [0.1, 0.15) is 24.2 Å². The molecule has 1 aromatic heterocycles. The van der Waals surface area contributed by atoms with Crippen molar-refractivity contribution >= 4 is 28.9 Å². The molecule has 3 aromatic rings. The quantitative estimate of drug-likeness (QED) is 0.434. The molecule has 1 unspecified atom stereocenters. The second kappa shape index (κ2) is 9.79. The van der Waals surface area contributed by atoms with E-state index in [4.69, 9.17) is 23.2 Å². The van der Waals surface area contributed by atoms with E-state index in [0.717, 1.165) is 49.6 Å². The molecule has 0 aliphatic carbocycles. The Hall–Kier alpha value is -2.62. The van der Waals surface area contributed by atoms with E-state index in [2.05, 4.69) is 21.5 Å². The number of aromatic nitrogens is 2. The summed E-state index contributed by atoms with van der Waals surface area (Å²) >= 11 is 12.7. The minimum Gasteiger partial charge on any atom is -0.406 e. The van der Waals surface area contributed by atoms with Crippen LogP contribution in [-0.2, 0) is 7.05 Å². The van der Waals surface area contributed by atoms with Crippen molar-refractivity contribution in [3.63, 3.8) is 0 Å². The van der Waals surface area contributed by atoms with Crippen molar-refractivity contribution in [2.45, 2.75) is 26.3 Å². The molecule has 6 nitrogen and oxygen atoms in total. The van der Waals surface area contributed by atoms with Gasteiger partial charge >= 0.3 is 6.36 Å². The molecule has 35 heavy (non-hydrogen) atoms. The van der Waals surface area contributed by atoms with Gasteiger partial charge in [-0.3, -0.25) is 14.4 Å². The summed E-state index contributed by atoms with van der Waals surface area (Å²) in [6.07, 6.45) is -4.79. The van der Waals surface area contributed by atoms with Crippen LogP contribution in [-0.4, -0.2) is 46.8 Å². The van der Waals surface area contributed by atoms with E-state index < -0.39 is 11.9 Å². The van der Waals surface area contributed by atoms with E-state index in [1.807, 2.05) is 25.1 Å². The molecule has 0 radical (unpaired) electrons. The SMILES string of the molecule is Cc1ccc(Cl)cc1N1CCN(C(C)c2c(Cl)c(=O)n(-c3ccc(OC(F)(F)F)cc3)n2C)CC1. The molecule has 1 aliphatic heterocycles. The molecule has 0 spiro atoms. The molecule has 1 aliphatic rings. The number of aryl methyl sites for hydroxylation is 1. The number of benzene rings is 2. The highest BCUT2D eigenvalue weighted by Crippen LogP contribution is 2.31. The lowest BCUT2D eigenvalue weighted by Crippen LogP contribution is -2.47. The first kappa shape index (κ1) is 25.5. The Kier molecular flexibility index (Phi) is 7.13. The maximum Gasteiger partial charge on any atom is 0.573 e. The van der Waals surface area contributed by atoms with Gasteiger partial charge in [0.2, 0.25) is 0 Å². The van der Waals surface area contributed by atoms with Gasteiger partial charge < -0.3 is 9.64 Å². The molecule has 0 amide bonds. The van der Waals surface area contributed by atoms with Crippen molar-refractivity contribution in [3.05, 3.63) is 74.1 Å². The molecule has 2 heterocycles. The normalized spacial score (nSPS) is 15.9. The largest absolute Gasteiger partial charge is 0.573 e. The first-order valence-electron chi connectivity index (χ1n) is 11.0. The summed E-state index contributed by atoms with van der Waals surface area (Å²) in [6.45, 7) is 7.14. The van der Waals surface area contributed by atoms with Gasteiger partial charge in [-0.15, -0.1) is 13.2 Å². The van der Waals surface area contributed by atoms with Gasteiger partial charge in [-0.25, -0.2) is 4.68 Å². The van der Waals surface area contributed by atoms with Crippen LogP contribution >= 0.6 is 23.2 Å². The third-order valence-corrected chi connectivity index (χ3v) is 6.93. The van der Waals surface area contributed by atoms with Crippen LogP contribution in [0.2, 0.25) is 10.0 Å². The van der Waals surface area contributed by atoms with Crippen LogP contribution in [0.25, 0.3) is 5.69 Å². The molecule has 0 saturated carbocycles. The fraction of sp³-hybridized carbons (Fsp3) is 0.375. The van der Waals surface area contributed by atoms with Crippen molar-refractivity contribution in [2.75, 3.05) is 31.1 Å². The highest BCUT2D eigenvalue weighted by atomic mass is 35.5. The number of ether oxygens (including phenoxy) is 1. The third-order valence-electron chi connectivity index (χ3n) is 6.34. The minimum absolute atomic E-state index is 0.0868. The fourth-order valence-corrected chi connectivity index (χ4v) is 5.09. The monoisotopic (exact) mass is 528 g/mol. The Balaban J connectivity index is 1.54. The van der Waals surface area contributed by atoms with E-state index in [1.165, 1.54) is 16.8 Å². The number of halogens is 5. The summed E-state index contributed by atoms with van der Waals surface area (Å²) < 4.78 is 44.3. The lowest BCUT2D eigenvalue weighted by atomic mass is 10.1. The van der Waals surface area contributed by atoms with Crippen LogP contribution in [0.3, 0.4) is 0 Å².